The number of hydrogen-bond donors (Lipinski definition) is 2. The van der Waals surface area contributed by atoms with Crippen LogP contribution in [0.15, 0.2) is 24.4 Å². The van der Waals surface area contributed by atoms with Gasteiger partial charge in [-0.1, -0.05) is 36.2 Å². The minimum Gasteiger partial charge on any atom is -0.345 e. The van der Waals surface area contributed by atoms with Crippen LogP contribution in [0.25, 0.3) is 0 Å². The van der Waals surface area contributed by atoms with Crippen molar-refractivity contribution in [3.8, 4) is 0 Å². The predicted molar refractivity (Wildman–Crippen MR) is 79.9 cm³/mol. The van der Waals surface area contributed by atoms with Gasteiger partial charge in [0.1, 0.15) is 5.82 Å². The second kappa shape index (κ2) is 6.94. The lowest BCUT2D eigenvalue weighted by Gasteiger charge is -2.03. The zero-order valence-corrected chi connectivity index (χ0v) is 12.4. The van der Waals surface area contributed by atoms with E-state index < -0.39 is 0 Å². The summed E-state index contributed by atoms with van der Waals surface area (Å²) >= 11 is 12.0. The molecule has 0 amide bonds. The Morgan fingerprint density at radius 3 is 2.89 bits per heavy atom. The van der Waals surface area contributed by atoms with Crippen molar-refractivity contribution >= 4 is 23.2 Å². The Kier molecular flexibility index (Phi) is 5.25. The maximum atomic E-state index is 6.15. The Labute approximate surface area is 123 Å². The molecular weight excluding hydrogens is 281 g/mol. The SMILES string of the molecule is CCCNCc1cnc(Cc2ccc(Cl)cc2Cl)[nH]1. The summed E-state index contributed by atoms with van der Waals surface area (Å²) in [7, 11) is 0. The summed E-state index contributed by atoms with van der Waals surface area (Å²) < 4.78 is 0. The van der Waals surface area contributed by atoms with Gasteiger partial charge in [-0.25, -0.2) is 4.98 Å². The number of hydrogen-bond acceptors (Lipinski definition) is 2. The van der Waals surface area contributed by atoms with Crippen LogP contribution in [0.1, 0.15) is 30.4 Å². The van der Waals surface area contributed by atoms with Crippen molar-refractivity contribution in [1.82, 2.24) is 15.3 Å². The third-order valence-corrected chi connectivity index (χ3v) is 3.38. The largest absolute Gasteiger partial charge is 0.345 e. The number of H-pyrrole nitrogens is 1. The van der Waals surface area contributed by atoms with Crippen LogP contribution < -0.4 is 5.32 Å². The number of aromatic nitrogens is 2. The molecule has 1 heterocycles. The predicted octanol–water partition coefficient (Wildman–Crippen LogP) is 3.81. The highest BCUT2D eigenvalue weighted by Crippen LogP contribution is 2.22. The molecule has 0 saturated carbocycles. The van der Waals surface area contributed by atoms with Crippen molar-refractivity contribution in [3.05, 3.63) is 51.5 Å². The molecule has 0 radical (unpaired) electrons. The summed E-state index contributed by atoms with van der Waals surface area (Å²) in [6.07, 6.45) is 3.67. The van der Waals surface area contributed by atoms with Crippen LogP contribution in [0.4, 0.5) is 0 Å². The fraction of sp³-hybridized carbons (Fsp3) is 0.357. The van der Waals surface area contributed by atoms with Crippen molar-refractivity contribution in [2.45, 2.75) is 26.3 Å². The second-order valence-corrected chi connectivity index (χ2v) is 5.29. The molecule has 2 rings (SSSR count). The Hall–Kier alpha value is -1.03. The van der Waals surface area contributed by atoms with Gasteiger partial charge in [-0.2, -0.15) is 0 Å². The maximum absolute atomic E-state index is 6.15. The molecule has 1 aromatic carbocycles. The fourth-order valence-electron chi connectivity index (χ4n) is 1.83. The van der Waals surface area contributed by atoms with Crippen molar-refractivity contribution < 1.29 is 0 Å². The van der Waals surface area contributed by atoms with Crippen molar-refractivity contribution in [1.29, 1.82) is 0 Å². The number of nitrogens with zero attached hydrogens (tertiary/aromatic N) is 1. The fourth-order valence-corrected chi connectivity index (χ4v) is 2.31. The molecular formula is C14H17Cl2N3. The third kappa shape index (κ3) is 4.23. The van der Waals surface area contributed by atoms with Crippen LogP contribution in [0.3, 0.4) is 0 Å². The smallest absolute Gasteiger partial charge is 0.110 e. The molecule has 0 bridgehead atoms. The number of nitrogens with one attached hydrogen (secondary N) is 2. The Morgan fingerprint density at radius 1 is 1.32 bits per heavy atom. The highest BCUT2D eigenvalue weighted by atomic mass is 35.5. The van der Waals surface area contributed by atoms with Crippen LogP contribution in [0.5, 0.6) is 0 Å². The van der Waals surface area contributed by atoms with E-state index in [1.165, 1.54) is 0 Å². The number of imidazole rings is 1. The molecule has 0 spiro atoms. The molecule has 0 saturated heterocycles. The summed E-state index contributed by atoms with van der Waals surface area (Å²) in [6.45, 7) is 3.97. The average Bonchev–Trinajstić information content (AvgIpc) is 2.81. The van der Waals surface area contributed by atoms with E-state index in [9.17, 15) is 0 Å². The Balaban J connectivity index is 1.99. The van der Waals surface area contributed by atoms with E-state index in [4.69, 9.17) is 23.2 Å². The average molecular weight is 298 g/mol. The molecule has 102 valence electrons. The van der Waals surface area contributed by atoms with Crippen LogP contribution in [0, 0.1) is 0 Å². The van der Waals surface area contributed by atoms with Gasteiger partial charge in [0.25, 0.3) is 0 Å². The zero-order chi connectivity index (χ0) is 13.7. The topological polar surface area (TPSA) is 40.7 Å². The van der Waals surface area contributed by atoms with Crippen LogP contribution >= 0.6 is 23.2 Å². The quantitative estimate of drug-likeness (QED) is 0.796. The molecule has 0 fully saturated rings. The van der Waals surface area contributed by atoms with Crippen LogP contribution in [-0.4, -0.2) is 16.5 Å². The van der Waals surface area contributed by atoms with E-state index in [0.29, 0.717) is 16.5 Å². The van der Waals surface area contributed by atoms with E-state index in [1.807, 2.05) is 18.3 Å². The Bertz CT molecular complexity index is 537. The van der Waals surface area contributed by atoms with Gasteiger partial charge in [0.2, 0.25) is 0 Å². The van der Waals surface area contributed by atoms with Crippen LogP contribution in [0.2, 0.25) is 10.0 Å². The molecule has 19 heavy (non-hydrogen) atoms. The lowest BCUT2D eigenvalue weighted by molar-refractivity contribution is 0.665. The van der Waals surface area contributed by atoms with E-state index >= 15 is 0 Å². The third-order valence-electron chi connectivity index (χ3n) is 2.80. The van der Waals surface area contributed by atoms with Crippen molar-refractivity contribution in [2.75, 3.05) is 6.54 Å². The Morgan fingerprint density at radius 2 is 2.16 bits per heavy atom. The normalized spacial score (nSPS) is 10.9. The van der Waals surface area contributed by atoms with E-state index in [1.54, 1.807) is 6.07 Å². The number of aromatic amines is 1. The number of halogens is 2. The summed E-state index contributed by atoms with van der Waals surface area (Å²) in [5, 5.41) is 4.66. The van der Waals surface area contributed by atoms with Gasteiger partial charge in [-0.05, 0) is 30.7 Å². The summed E-state index contributed by atoms with van der Waals surface area (Å²) in [5.41, 5.74) is 2.11. The number of rotatable bonds is 6. The molecule has 0 aliphatic rings. The standard InChI is InChI=1S/C14H17Cl2N3/c1-2-5-17-8-12-9-18-14(19-12)6-10-3-4-11(15)7-13(10)16/h3-4,7,9,17H,2,5-6,8H2,1H3,(H,18,19). The summed E-state index contributed by atoms with van der Waals surface area (Å²) in [5.74, 6) is 0.914. The minimum absolute atomic E-state index is 0.651. The van der Waals surface area contributed by atoms with Gasteiger partial charge in [0.05, 0.1) is 0 Å². The molecule has 0 unspecified atom stereocenters. The van der Waals surface area contributed by atoms with Crippen molar-refractivity contribution in [3.63, 3.8) is 0 Å². The first kappa shape index (κ1) is 14.4. The molecule has 2 aromatic rings. The van der Waals surface area contributed by atoms with Crippen molar-refractivity contribution in [2.24, 2.45) is 0 Å². The minimum atomic E-state index is 0.651. The lowest BCUT2D eigenvalue weighted by atomic mass is 10.1. The highest BCUT2D eigenvalue weighted by molar-refractivity contribution is 6.35. The monoisotopic (exact) mass is 297 g/mol. The van der Waals surface area contributed by atoms with E-state index in [2.05, 4.69) is 22.2 Å². The molecule has 5 heteroatoms. The van der Waals surface area contributed by atoms with E-state index in [0.717, 1.165) is 36.6 Å². The van der Waals surface area contributed by atoms with Gasteiger partial charge >= 0.3 is 0 Å². The van der Waals surface area contributed by atoms with Crippen LogP contribution in [-0.2, 0) is 13.0 Å². The number of benzene rings is 1. The first-order chi connectivity index (χ1) is 9.19. The zero-order valence-electron chi connectivity index (χ0n) is 10.8. The highest BCUT2D eigenvalue weighted by Gasteiger charge is 2.06. The molecule has 0 aliphatic carbocycles. The van der Waals surface area contributed by atoms with Gasteiger partial charge in [0.15, 0.2) is 0 Å². The molecule has 2 N–H and O–H groups in total. The van der Waals surface area contributed by atoms with Gasteiger partial charge in [-0.15, -0.1) is 0 Å². The first-order valence-electron chi connectivity index (χ1n) is 6.36. The molecule has 1 aromatic heterocycles. The van der Waals surface area contributed by atoms with Gasteiger partial charge < -0.3 is 10.3 Å². The molecule has 3 nitrogen and oxygen atoms in total. The van der Waals surface area contributed by atoms with Gasteiger partial charge in [-0.3, -0.25) is 0 Å². The summed E-state index contributed by atoms with van der Waals surface area (Å²) in [6, 6.07) is 5.53. The van der Waals surface area contributed by atoms with Gasteiger partial charge in [0, 0.05) is 34.9 Å². The lowest BCUT2D eigenvalue weighted by Crippen LogP contribution is -2.13. The van der Waals surface area contributed by atoms with E-state index in [-0.39, 0.29) is 0 Å². The summed E-state index contributed by atoms with van der Waals surface area (Å²) in [4.78, 5) is 7.66. The maximum Gasteiger partial charge on any atom is 0.110 e. The first-order valence-corrected chi connectivity index (χ1v) is 7.12. The second-order valence-electron chi connectivity index (χ2n) is 4.44. The molecule has 0 atom stereocenters. The molecule has 0 aliphatic heterocycles.